The van der Waals surface area contributed by atoms with Crippen molar-refractivity contribution < 1.29 is 18.0 Å². The Balaban J connectivity index is 3.19. The molecule has 0 aliphatic carbocycles. The number of Topliss-reactive ketones (excluding diaryl/α,β-unsaturated/α-hetero) is 2. The van der Waals surface area contributed by atoms with Crippen molar-refractivity contribution in [3.63, 3.8) is 0 Å². The molecule has 0 bridgehead atoms. The summed E-state index contributed by atoms with van der Waals surface area (Å²) in [4.78, 5) is 22.8. The van der Waals surface area contributed by atoms with Crippen molar-refractivity contribution >= 4 is 21.4 Å². The minimum atomic E-state index is -3.77. The molecule has 5 heteroatoms. The van der Waals surface area contributed by atoms with Crippen LogP contribution in [0.5, 0.6) is 0 Å². The lowest BCUT2D eigenvalue weighted by Crippen LogP contribution is -2.22. The van der Waals surface area contributed by atoms with E-state index in [1.54, 1.807) is 18.2 Å². The fourth-order valence-electron chi connectivity index (χ4n) is 1.78. The molecule has 1 aromatic rings. The molecule has 0 N–H and O–H groups in total. The minimum Gasteiger partial charge on any atom is -0.299 e. The summed E-state index contributed by atoms with van der Waals surface area (Å²) in [5, 5.41) is 0. The van der Waals surface area contributed by atoms with Gasteiger partial charge in [0.2, 0.25) is 9.84 Å². The van der Waals surface area contributed by atoms with E-state index in [0.717, 1.165) is 0 Å². The van der Waals surface area contributed by atoms with Gasteiger partial charge in [0, 0.05) is 6.42 Å². The van der Waals surface area contributed by atoms with E-state index in [1.807, 2.05) is 0 Å². The largest absolute Gasteiger partial charge is 0.299 e. The van der Waals surface area contributed by atoms with E-state index < -0.39 is 15.8 Å². The SMILES string of the molecule is C=C=C(CC(C(C)=O)C(C)=O)S(=O)(=O)c1ccccc1. The van der Waals surface area contributed by atoms with Crippen molar-refractivity contribution in [1.82, 2.24) is 0 Å². The van der Waals surface area contributed by atoms with Crippen LogP contribution in [0.25, 0.3) is 0 Å². The second-order valence-corrected chi connectivity index (χ2v) is 6.37. The van der Waals surface area contributed by atoms with Gasteiger partial charge < -0.3 is 0 Å². The zero-order valence-corrected chi connectivity index (χ0v) is 12.2. The van der Waals surface area contributed by atoms with Crippen LogP contribution in [0.1, 0.15) is 20.3 Å². The maximum Gasteiger partial charge on any atom is 0.210 e. The van der Waals surface area contributed by atoms with E-state index >= 15 is 0 Å². The molecular formula is C15H16O4S. The summed E-state index contributed by atoms with van der Waals surface area (Å²) in [5.74, 6) is -1.71. The molecule has 0 atom stereocenters. The smallest absolute Gasteiger partial charge is 0.210 e. The molecule has 0 spiro atoms. The van der Waals surface area contributed by atoms with Gasteiger partial charge in [-0.25, -0.2) is 8.42 Å². The van der Waals surface area contributed by atoms with Gasteiger partial charge in [0.1, 0.15) is 11.6 Å². The predicted molar refractivity (Wildman–Crippen MR) is 75.7 cm³/mol. The fourth-order valence-corrected chi connectivity index (χ4v) is 3.15. The van der Waals surface area contributed by atoms with Gasteiger partial charge in [0.15, 0.2) is 0 Å². The van der Waals surface area contributed by atoms with Gasteiger partial charge in [-0.15, -0.1) is 5.73 Å². The Kier molecular flexibility index (Phi) is 5.19. The van der Waals surface area contributed by atoms with Crippen molar-refractivity contribution in [3.8, 4) is 0 Å². The zero-order chi connectivity index (χ0) is 15.3. The highest BCUT2D eigenvalue weighted by Crippen LogP contribution is 2.24. The van der Waals surface area contributed by atoms with E-state index in [0.29, 0.717) is 0 Å². The molecule has 0 saturated carbocycles. The predicted octanol–water partition coefficient (Wildman–Crippen LogP) is 2.31. The van der Waals surface area contributed by atoms with Crippen molar-refractivity contribution in [2.75, 3.05) is 0 Å². The molecule has 0 unspecified atom stereocenters. The van der Waals surface area contributed by atoms with E-state index in [-0.39, 0.29) is 27.8 Å². The third kappa shape index (κ3) is 3.53. The number of sulfone groups is 1. The number of hydrogen-bond donors (Lipinski definition) is 0. The van der Waals surface area contributed by atoms with Gasteiger partial charge >= 0.3 is 0 Å². The summed E-state index contributed by atoms with van der Waals surface area (Å²) in [6.45, 7) is 5.89. The molecule has 0 aromatic heterocycles. The second-order valence-electron chi connectivity index (χ2n) is 4.39. The summed E-state index contributed by atoms with van der Waals surface area (Å²) in [5.41, 5.74) is 2.36. The number of carbonyl (C=O) groups is 2. The Hall–Kier alpha value is -1.97. The summed E-state index contributed by atoms with van der Waals surface area (Å²) in [6, 6.07) is 7.79. The maximum absolute atomic E-state index is 12.4. The molecule has 20 heavy (non-hydrogen) atoms. The molecular weight excluding hydrogens is 276 g/mol. The molecule has 0 radical (unpaired) electrons. The fraction of sp³-hybridized carbons (Fsp3) is 0.267. The third-order valence-electron chi connectivity index (χ3n) is 2.95. The first kappa shape index (κ1) is 16.1. The van der Waals surface area contributed by atoms with Crippen LogP contribution in [0.15, 0.2) is 52.4 Å². The Morgan fingerprint density at radius 3 is 2.05 bits per heavy atom. The van der Waals surface area contributed by atoms with Crippen LogP contribution < -0.4 is 0 Å². The van der Waals surface area contributed by atoms with Crippen LogP contribution in [0.3, 0.4) is 0 Å². The van der Waals surface area contributed by atoms with Gasteiger partial charge in [-0.05, 0) is 26.0 Å². The Morgan fingerprint density at radius 2 is 1.65 bits per heavy atom. The van der Waals surface area contributed by atoms with Crippen LogP contribution >= 0.6 is 0 Å². The lowest BCUT2D eigenvalue weighted by Gasteiger charge is -2.12. The van der Waals surface area contributed by atoms with Gasteiger partial charge in [0.05, 0.1) is 15.7 Å². The highest BCUT2D eigenvalue weighted by molar-refractivity contribution is 7.95. The summed E-state index contributed by atoms with van der Waals surface area (Å²) < 4.78 is 24.8. The quantitative estimate of drug-likeness (QED) is 0.596. The van der Waals surface area contributed by atoms with Crippen molar-refractivity contribution in [2.24, 2.45) is 5.92 Å². The molecule has 0 aliphatic heterocycles. The van der Waals surface area contributed by atoms with Gasteiger partial charge in [0.25, 0.3) is 0 Å². The normalized spacial score (nSPS) is 10.9. The molecule has 1 rings (SSSR count). The number of benzene rings is 1. The number of allylic oxidation sites excluding steroid dienone is 1. The highest BCUT2D eigenvalue weighted by Gasteiger charge is 2.28. The van der Waals surface area contributed by atoms with Crippen molar-refractivity contribution in [1.29, 1.82) is 0 Å². The standard InChI is InChI=1S/C15H16O4S/c1-4-13(10-15(11(2)16)12(3)17)20(18,19)14-8-6-5-7-9-14/h5-9,15H,1,10H2,2-3H3. The molecule has 106 valence electrons. The zero-order valence-electron chi connectivity index (χ0n) is 11.4. The summed E-state index contributed by atoms with van der Waals surface area (Å²) in [7, 11) is -3.77. The number of rotatable bonds is 6. The average Bonchev–Trinajstić information content (AvgIpc) is 2.39. The molecule has 0 aliphatic rings. The van der Waals surface area contributed by atoms with Crippen LogP contribution in [-0.4, -0.2) is 20.0 Å². The van der Waals surface area contributed by atoms with E-state index in [1.165, 1.54) is 26.0 Å². The topological polar surface area (TPSA) is 68.3 Å². The third-order valence-corrected chi connectivity index (χ3v) is 4.80. The molecule has 1 aromatic carbocycles. The van der Waals surface area contributed by atoms with E-state index in [9.17, 15) is 18.0 Å². The number of carbonyl (C=O) groups excluding carboxylic acids is 2. The first-order valence-electron chi connectivity index (χ1n) is 6.00. The molecule has 4 nitrogen and oxygen atoms in total. The van der Waals surface area contributed by atoms with E-state index in [4.69, 9.17) is 0 Å². The molecule has 0 fully saturated rings. The Morgan fingerprint density at radius 1 is 1.15 bits per heavy atom. The van der Waals surface area contributed by atoms with Crippen LogP contribution in [0, 0.1) is 5.92 Å². The lowest BCUT2D eigenvalue weighted by atomic mass is 9.97. The van der Waals surface area contributed by atoms with Crippen LogP contribution in [-0.2, 0) is 19.4 Å². The Labute approximate surface area is 118 Å². The first-order valence-corrected chi connectivity index (χ1v) is 7.49. The highest BCUT2D eigenvalue weighted by atomic mass is 32.2. The Bertz CT molecular complexity index is 651. The summed E-state index contributed by atoms with van der Waals surface area (Å²) >= 11 is 0. The molecule has 0 saturated heterocycles. The van der Waals surface area contributed by atoms with Gasteiger partial charge in [-0.3, -0.25) is 9.59 Å². The van der Waals surface area contributed by atoms with Crippen molar-refractivity contribution in [2.45, 2.75) is 25.2 Å². The van der Waals surface area contributed by atoms with E-state index in [2.05, 4.69) is 12.3 Å². The number of hydrogen-bond acceptors (Lipinski definition) is 4. The monoisotopic (exact) mass is 292 g/mol. The minimum absolute atomic E-state index is 0.0944. The molecule has 0 amide bonds. The molecule has 0 heterocycles. The average molecular weight is 292 g/mol. The van der Waals surface area contributed by atoms with Gasteiger partial charge in [-0.1, -0.05) is 24.8 Å². The van der Waals surface area contributed by atoms with Crippen LogP contribution in [0.4, 0.5) is 0 Å². The van der Waals surface area contributed by atoms with Crippen LogP contribution in [0.2, 0.25) is 0 Å². The first-order chi connectivity index (χ1) is 9.30. The number of ketones is 2. The lowest BCUT2D eigenvalue weighted by molar-refractivity contribution is -0.130. The van der Waals surface area contributed by atoms with Crippen molar-refractivity contribution in [3.05, 3.63) is 47.5 Å². The summed E-state index contributed by atoms with van der Waals surface area (Å²) in [6.07, 6.45) is -0.203. The van der Waals surface area contributed by atoms with Gasteiger partial charge in [-0.2, -0.15) is 0 Å². The second kappa shape index (κ2) is 6.46. The maximum atomic E-state index is 12.4.